The van der Waals surface area contributed by atoms with E-state index in [4.69, 9.17) is 0 Å². The van der Waals surface area contributed by atoms with Gasteiger partial charge < -0.3 is 4.90 Å². The zero-order valence-corrected chi connectivity index (χ0v) is 9.07. The van der Waals surface area contributed by atoms with Crippen molar-refractivity contribution in [1.29, 1.82) is 0 Å². The molecule has 0 aromatic rings. The lowest BCUT2D eigenvalue weighted by atomic mass is 10.3. The Hall–Kier alpha value is -0.180. The number of carbonyl (C=O) groups excluding carboxylic acids is 1. The van der Waals surface area contributed by atoms with E-state index in [1.807, 2.05) is 11.9 Å². The molecule has 1 aliphatic rings. The summed E-state index contributed by atoms with van der Waals surface area (Å²) in [7, 11) is 1.88. The minimum Gasteiger partial charge on any atom is -0.345 e. The first-order chi connectivity index (χ1) is 5.40. The summed E-state index contributed by atoms with van der Waals surface area (Å²) >= 11 is 1.78. The maximum Gasteiger partial charge on any atom is 0.235 e. The number of hydrogen-bond acceptors (Lipinski definition) is 2. The van der Waals surface area contributed by atoms with Gasteiger partial charge in [0, 0.05) is 18.3 Å². The van der Waals surface area contributed by atoms with Crippen molar-refractivity contribution < 1.29 is 4.79 Å². The van der Waals surface area contributed by atoms with Gasteiger partial charge in [-0.1, -0.05) is 20.8 Å². The lowest BCUT2D eigenvalue weighted by Gasteiger charge is -2.21. The molecule has 0 saturated carbocycles. The summed E-state index contributed by atoms with van der Waals surface area (Å²) < 4.78 is 0.200. The van der Waals surface area contributed by atoms with Crippen molar-refractivity contribution >= 4 is 17.7 Å². The monoisotopic (exact) mass is 187 g/mol. The summed E-state index contributed by atoms with van der Waals surface area (Å²) in [5.41, 5.74) is 0. The van der Waals surface area contributed by atoms with Crippen LogP contribution in [0, 0.1) is 0 Å². The first kappa shape index (κ1) is 9.90. The van der Waals surface area contributed by atoms with Crippen molar-refractivity contribution in [2.24, 2.45) is 0 Å². The van der Waals surface area contributed by atoms with Crippen molar-refractivity contribution in [3.05, 3.63) is 0 Å². The molecule has 12 heavy (non-hydrogen) atoms. The van der Waals surface area contributed by atoms with Crippen LogP contribution in [0.1, 0.15) is 27.2 Å². The molecule has 1 unspecified atom stereocenters. The highest BCUT2D eigenvalue weighted by atomic mass is 32.2. The van der Waals surface area contributed by atoms with Crippen LogP contribution in [-0.2, 0) is 4.79 Å². The number of thioether (sulfide) groups is 1. The predicted molar refractivity (Wildman–Crippen MR) is 53.4 cm³/mol. The number of likely N-dealkylation sites (tertiary alicyclic amines) is 1. The van der Waals surface area contributed by atoms with Crippen molar-refractivity contribution in [3.63, 3.8) is 0 Å². The van der Waals surface area contributed by atoms with Gasteiger partial charge in [0.15, 0.2) is 0 Å². The average Bonchev–Trinajstić information content (AvgIpc) is 2.16. The van der Waals surface area contributed by atoms with Gasteiger partial charge in [0.2, 0.25) is 5.91 Å². The van der Waals surface area contributed by atoms with E-state index in [-0.39, 0.29) is 10.00 Å². The summed E-state index contributed by atoms with van der Waals surface area (Å²) in [6.07, 6.45) is 1.01. The fourth-order valence-electron chi connectivity index (χ4n) is 1.33. The summed E-state index contributed by atoms with van der Waals surface area (Å²) in [5.74, 6) is 0.301. The molecule has 3 heteroatoms. The molecule has 0 spiro atoms. The van der Waals surface area contributed by atoms with Crippen molar-refractivity contribution in [3.8, 4) is 0 Å². The average molecular weight is 187 g/mol. The predicted octanol–water partition coefficient (Wildman–Crippen LogP) is 1.75. The minimum absolute atomic E-state index is 0.200. The number of nitrogens with zero attached hydrogens (tertiary/aromatic N) is 1. The van der Waals surface area contributed by atoms with E-state index in [0.29, 0.717) is 5.91 Å². The molecule has 0 aliphatic carbocycles. The van der Waals surface area contributed by atoms with E-state index >= 15 is 0 Å². The molecule has 1 fully saturated rings. The van der Waals surface area contributed by atoms with Crippen LogP contribution < -0.4 is 0 Å². The van der Waals surface area contributed by atoms with Crippen LogP contribution in [0.15, 0.2) is 0 Å². The van der Waals surface area contributed by atoms with E-state index in [1.54, 1.807) is 11.8 Å². The first-order valence-electron chi connectivity index (χ1n) is 4.33. The molecule has 0 aromatic heterocycles. The normalized spacial score (nSPS) is 25.2. The Morgan fingerprint density at radius 2 is 2.08 bits per heavy atom. The number of carbonyl (C=O) groups is 1. The molecule has 1 atom stereocenters. The maximum absolute atomic E-state index is 11.5. The Balaban J connectivity index is 2.50. The van der Waals surface area contributed by atoms with Crippen LogP contribution in [0.4, 0.5) is 0 Å². The Bertz CT molecular complexity index is 185. The molecule has 2 nitrogen and oxygen atoms in total. The summed E-state index contributed by atoms with van der Waals surface area (Å²) in [6, 6.07) is 0. The highest BCUT2D eigenvalue weighted by Crippen LogP contribution is 2.33. The minimum atomic E-state index is 0.200. The fourth-order valence-corrected chi connectivity index (χ4v) is 2.68. The molecule has 1 amide bonds. The van der Waals surface area contributed by atoms with Crippen LogP contribution in [0.25, 0.3) is 0 Å². The smallest absolute Gasteiger partial charge is 0.235 e. The molecule has 0 N–H and O–H groups in total. The molecule has 0 radical (unpaired) electrons. The number of rotatable bonds is 1. The van der Waals surface area contributed by atoms with Gasteiger partial charge in [0.05, 0.1) is 5.25 Å². The highest BCUT2D eigenvalue weighted by Gasteiger charge is 2.32. The van der Waals surface area contributed by atoms with Gasteiger partial charge in [-0.2, -0.15) is 0 Å². The maximum atomic E-state index is 11.5. The molecular formula is C9H17NOS. The Kier molecular flexibility index (Phi) is 2.71. The molecule has 1 heterocycles. The van der Waals surface area contributed by atoms with Crippen LogP contribution >= 0.6 is 11.8 Å². The van der Waals surface area contributed by atoms with Gasteiger partial charge in [-0.05, 0) is 6.42 Å². The van der Waals surface area contributed by atoms with Crippen LogP contribution in [0.3, 0.4) is 0 Å². The summed E-state index contributed by atoms with van der Waals surface area (Å²) in [6.45, 7) is 7.39. The van der Waals surface area contributed by atoms with Crippen LogP contribution in [0.2, 0.25) is 0 Å². The SMILES string of the molecule is CN1CCC(SC(C)(C)C)C1=O. The third kappa shape index (κ3) is 2.41. The second-order valence-corrected chi connectivity index (χ2v) is 6.30. The van der Waals surface area contributed by atoms with Crippen molar-refractivity contribution in [1.82, 2.24) is 4.90 Å². The molecule has 1 aliphatic heterocycles. The number of hydrogen-bond donors (Lipinski definition) is 0. The van der Waals surface area contributed by atoms with E-state index in [9.17, 15) is 4.79 Å². The van der Waals surface area contributed by atoms with Gasteiger partial charge in [-0.25, -0.2) is 0 Å². The topological polar surface area (TPSA) is 20.3 Å². The van der Waals surface area contributed by atoms with Gasteiger partial charge in [0.25, 0.3) is 0 Å². The van der Waals surface area contributed by atoms with E-state index in [2.05, 4.69) is 20.8 Å². The van der Waals surface area contributed by atoms with Gasteiger partial charge in [0.1, 0.15) is 0 Å². The van der Waals surface area contributed by atoms with Crippen molar-refractivity contribution in [2.75, 3.05) is 13.6 Å². The lowest BCUT2D eigenvalue weighted by molar-refractivity contribution is -0.126. The molecular weight excluding hydrogens is 170 g/mol. The highest BCUT2D eigenvalue weighted by molar-refractivity contribution is 8.01. The first-order valence-corrected chi connectivity index (χ1v) is 5.21. The van der Waals surface area contributed by atoms with E-state index in [0.717, 1.165) is 13.0 Å². The van der Waals surface area contributed by atoms with Crippen LogP contribution in [-0.4, -0.2) is 34.4 Å². The second kappa shape index (κ2) is 3.29. The Morgan fingerprint density at radius 3 is 2.42 bits per heavy atom. The summed E-state index contributed by atoms with van der Waals surface area (Å²) in [4.78, 5) is 13.3. The number of amides is 1. The Labute approximate surface area is 78.7 Å². The fraction of sp³-hybridized carbons (Fsp3) is 0.889. The molecule has 0 bridgehead atoms. The lowest BCUT2D eigenvalue weighted by Crippen LogP contribution is -2.26. The van der Waals surface area contributed by atoms with E-state index < -0.39 is 0 Å². The largest absolute Gasteiger partial charge is 0.345 e. The van der Waals surface area contributed by atoms with Gasteiger partial charge in [-0.3, -0.25) is 4.79 Å². The van der Waals surface area contributed by atoms with E-state index in [1.165, 1.54) is 0 Å². The summed E-state index contributed by atoms with van der Waals surface area (Å²) in [5, 5.41) is 0.204. The quantitative estimate of drug-likeness (QED) is 0.623. The van der Waals surface area contributed by atoms with Gasteiger partial charge in [-0.15, -0.1) is 11.8 Å². The molecule has 1 rings (SSSR count). The molecule has 0 aromatic carbocycles. The molecule has 1 saturated heterocycles. The molecule has 70 valence electrons. The Morgan fingerprint density at radius 1 is 1.50 bits per heavy atom. The zero-order valence-electron chi connectivity index (χ0n) is 8.26. The zero-order chi connectivity index (χ0) is 9.35. The standard InChI is InChI=1S/C9H17NOS/c1-9(2,3)12-7-5-6-10(4)8(7)11/h7H,5-6H2,1-4H3. The van der Waals surface area contributed by atoms with Gasteiger partial charge >= 0.3 is 0 Å². The third-order valence-electron chi connectivity index (χ3n) is 1.87. The second-order valence-electron chi connectivity index (χ2n) is 4.27. The van der Waals surface area contributed by atoms with Crippen LogP contribution in [0.5, 0.6) is 0 Å². The third-order valence-corrected chi connectivity index (χ3v) is 3.30. The van der Waals surface area contributed by atoms with Crippen molar-refractivity contribution in [2.45, 2.75) is 37.2 Å².